The first-order valence-corrected chi connectivity index (χ1v) is 7.57. The number of alkyl halides is 3. The van der Waals surface area contributed by atoms with E-state index < -0.39 is 11.7 Å². The van der Waals surface area contributed by atoms with Gasteiger partial charge in [0.2, 0.25) is 5.95 Å². The van der Waals surface area contributed by atoms with Gasteiger partial charge < -0.3 is 15.2 Å². The lowest BCUT2D eigenvalue weighted by Crippen LogP contribution is -2.10. The molecular weight excluding hydrogens is 347 g/mol. The molecular formula is C17H12F3N5O. The van der Waals surface area contributed by atoms with Crippen molar-refractivity contribution in [3.8, 4) is 22.4 Å². The molecule has 9 heteroatoms. The lowest BCUT2D eigenvalue weighted by Gasteiger charge is -2.11. The normalized spacial score (nSPS) is 12.0. The Balaban J connectivity index is 1.90. The van der Waals surface area contributed by atoms with E-state index in [-0.39, 0.29) is 11.6 Å². The standard InChI is InChI=1S/C17H12F3N5O/c1-8-12(7-26-25-8)9-2-3-10-11(5-22-14(10)4-9)15-13(17(18,19)20)6-23-16(21)24-15/h2-7,22H,1H3,(H2,21,23,24). The van der Waals surface area contributed by atoms with Gasteiger partial charge in [-0.05, 0) is 18.6 Å². The SMILES string of the molecule is Cc1nocc1-c1ccc2c(-c3nc(N)ncc3C(F)(F)F)c[nH]c2c1. The third kappa shape index (κ3) is 2.57. The predicted octanol–water partition coefficient (Wildman–Crippen LogP) is 4.19. The van der Waals surface area contributed by atoms with E-state index in [4.69, 9.17) is 10.3 Å². The molecule has 0 bridgehead atoms. The van der Waals surface area contributed by atoms with Crippen LogP contribution in [0.4, 0.5) is 19.1 Å². The van der Waals surface area contributed by atoms with Gasteiger partial charge in [-0.15, -0.1) is 0 Å². The Bertz CT molecular complexity index is 1110. The van der Waals surface area contributed by atoms with Crippen LogP contribution in [0.15, 0.2) is 41.4 Å². The number of hydrogen-bond acceptors (Lipinski definition) is 5. The smallest absolute Gasteiger partial charge is 0.368 e. The summed E-state index contributed by atoms with van der Waals surface area (Å²) in [5.74, 6) is -0.223. The van der Waals surface area contributed by atoms with Crippen molar-refractivity contribution in [3.63, 3.8) is 0 Å². The van der Waals surface area contributed by atoms with E-state index in [1.165, 1.54) is 12.5 Å². The zero-order chi connectivity index (χ0) is 18.5. The maximum atomic E-state index is 13.3. The van der Waals surface area contributed by atoms with E-state index in [0.717, 1.165) is 16.8 Å². The van der Waals surface area contributed by atoms with Gasteiger partial charge >= 0.3 is 6.18 Å². The second-order valence-corrected chi connectivity index (χ2v) is 5.76. The molecule has 0 atom stereocenters. The molecule has 4 rings (SSSR count). The Labute approximate surface area is 144 Å². The van der Waals surface area contributed by atoms with E-state index >= 15 is 0 Å². The van der Waals surface area contributed by atoms with Crippen molar-refractivity contribution in [2.24, 2.45) is 0 Å². The van der Waals surface area contributed by atoms with Crippen LogP contribution >= 0.6 is 0 Å². The summed E-state index contributed by atoms with van der Waals surface area (Å²) in [6.45, 7) is 1.81. The third-order valence-electron chi connectivity index (χ3n) is 4.11. The average molecular weight is 359 g/mol. The number of aromatic amines is 1. The predicted molar refractivity (Wildman–Crippen MR) is 89.0 cm³/mol. The van der Waals surface area contributed by atoms with Gasteiger partial charge in [0.15, 0.2) is 0 Å². The van der Waals surface area contributed by atoms with Crippen LogP contribution < -0.4 is 5.73 Å². The number of nitrogens with zero attached hydrogens (tertiary/aromatic N) is 3. The number of halogens is 3. The highest BCUT2D eigenvalue weighted by Crippen LogP contribution is 2.39. The van der Waals surface area contributed by atoms with Crippen LogP contribution in [0.3, 0.4) is 0 Å². The number of nitrogens with two attached hydrogens (primary N) is 1. The molecule has 0 spiro atoms. The summed E-state index contributed by atoms with van der Waals surface area (Å²) in [7, 11) is 0. The number of benzene rings is 1. The van der Waals surface area contributed by atoms with Crippen molar-refractivity contribution < 1.29 is 17.7 Å². The van der Waals surface area contributed by atoms with Crippen LogP contribution in [-0.4, -0.2) is 20.1 Å². The van der Waals surface area contributed by atoms with Crippen LogP contribution in [-0.2, 0) is 6.18 Å². The summed E-state index contributed by atoms with van der Waals surface area (Å²) >= 11 is 0. The molecule has 3 N–H and O–H groups in total. The highest BCUT2D eigenvalue weighted by atomic mass is 19.4. The number of rotatable bonds is 2. The molecule has 0 aliphatic heterocycles. The summed E-state index contributed by atoms with van der Waals surface area (Å²) in [5, 5.41) is 4.42. The van der Waals surface area contributed by atoms with Crippen molar-refractivity contribution in [1.82, 2.24) is 20.1 Å². The molecule has 26 heavy (non-hydrogen) atoms. The summed E-state index contributed by atoms with van der Waals surface area (Å²) in [5.41, 5.74) is 7.64. The Kier molecular flexibility index (Phi) is 3.46. The Morgan fingerprint density at radius 1 is 1.19 bits per heavy atom. The molecule has 1 aromatic carbocycles. The molecule has 0 aliphatic rings. The van der Waals surface area contributed by atoms with E-state index in [0.29, 0.717) is 22.7 Å². The lowest BCUT2D eigenvalue weighted by molar-refractivity contribution is -0.137. The number of H-pyrrole nitrogens is 1. The van der Waals surface area contributed by atoms with E-state index in [2.05, 4.69) is 20.1 Å². The van der Waals surface area contributed by atoms with Crippen molar-refractivity contribution in [1.29, 1.82) is 0 Å². The molecule has 0 radical (unpaired) electrons. The Hall–Kier alpha value is -3.36. The van der Waals surface area contributed by atoms with Gasteiger partial charge in [-0.25, -0.2) is 9.97 Å². The van der Waals surface area contributed by atoms with Gasteiger partial charge in [-0.3, -0.25) is 0 Å². The number of anilines is 1. The monoisotopic (exact) mass is 359 g/mol. The summed E-state index contributed by atoms with van der Waals surface area (Å²) < 4.78 is 44.9. The summed E-state index contributed by atoms with van der Waals surface area (Å²) in [4.78, 5) is 10.3. The molecule has 0 saturated carbocycles. The van der Waals surface area contributed by atoms with Crippen molar-refractivity contribution in [3.05, 3.63) is 48.1 Å². The average Bonchev–Trinajstić information content (AvgIpc) is 3.18. The third-order valence-corrected chi connectivity index (χ3v) is 4.11. The highest BCUT2D eigenvalue weighted by molar-refractivity contribution is 5.97. The zero-order valence-corrected chi connectivity index (χ0v) is 13.4. The molecule has 4 aromatic rings. The van der Waals surface area contributed by atoms with Gasteiger partial charge in [0.05, 0.1) is 11.4 Å². The van der Waals surface area contributed by atoms with Crippen LogP contribution in [0, 0.1) is 6.92 Å². The minimum atomic E-state index is -4.59. The van der Waals surface area contributed by atoms with E-state index in [1.807, 2.05) is 13.0 Å². The number of nitrogens with one attached hydrogen (secondary N) is 1. The van der Waals surface area contributed by atoms with E-state index in [1.54, 1.807) is 12.1 Å². The van der Waals surface area contributed by atoms with Crippen molar-refractivity contribution in [2.75, 3.05) is 5.73 Å². The molecule has 0 saturated heterocycles. The summed E-state index contributed by atoms with van der Waals surface area (Å²) in [6.07, 6.45) is -0.892. The molecule has 3 aromatic heterocycles. The van der Waals surface area contributed by atoms with Crippen molar-refractivity contribution >= 4 is 16.9 Å². The number of nitrogen functional groups attached to an aromatic ring is 1. The minimum Gasteiger partial charge on any atom is -0.368 e. The summed E-state index contributed by atoms with van der Waals surface area (Å²) in [6, 6.07) is 5.33. The maximum Gasteiger partial charge on any atom is 0.419 e. The second-order valence-electron chi connectivity index (χ2n) is 5.76. The topological polar surface area (TPSA) is 93.6 Å². The second kappa shape index (κ2) is 5.58. The fourth-order valence-corrected chi connectivity index (χ4v) is 2.87. The largest absolute Gasteiger partial charge is 0.419 e. The highest BCUT2D eigenvalue weighted by Gasteiger charge is 2.36. The first-order chi connectivity index (χ1) is 12.3. The lowest BCUT2D eigenvalue weighted by atomic mass is 10.0. The molecule has 0 unspecified atom stereocenters. The number of aryl methyl sites for hydroxylation is 1. The molecule has 6 nitrogen and oxygen atoms in total. The molecule has 132 valence electrons. The quantitative estimate of drug-likeness (QED) is 0.560. The fourth-order valence-electron chi connectivity index (χ4n) is 2.87. The van der Waals surface area contributed by atoms with Gasteiger partial charge in [-0.2, -0.15) is 13.2 Å². The molecule has 0 amide bonds. The first kappa shape index (κ1) is 16.1. The molecule has 0 aliphatic carbocycles. The molecule has 3 heterocycles. The van der Waals surface area contributed by atoms with Gasteiger partial charge in [-0.1, -0.05) is 17.3 Å². The molecule has 0 fully saturated rings. The Morgan fingerprint density at radius 3 is 2.69 bits per heavy atom. The van der Waals surface area contributed by atoms with Crippen molar-refractivity contribution in [2.45, 2.75) is 13.1 Å². The van der Waals surface area contributed by atoms with Gasteiger partial charge in [0, 0.05) is 34.4 Å². The number of fused-ring (bicyclic) bond motifs is 1. The number of hydrogen-bond donors (Lipinski definition) is 2. The van der Waals surface area contributed by atoms with Crippen LogP contribution in [0.1, 0.15) is 11.3 Å². The first-order valence-electron chi connectivity index (χ1n) is 7.57. The van der Waals surface area contributed by atoms with Gasteiger partial charge in [0.25, 0.3) is 0 Å². The maximum absolute atomic E-state index is 13.3. The fraction of sp³-hybridized carbons (Fsp3) is 0.118. The van der Waals surface area contributed by atoms with Crippen LogP contribution in [0.2, 0.25) is 0 Å². The number of aromatic nitrogens is 4. The Morgan fingerprint density at radius 2 is 2.00 bits per heavy atom. The van der Waals surface area contributed by atoms with Gasteiger partial charge in [0.1, 0.15) is 11.8 Å². The zero-order valence-electron chi connectivity index (χ0n) is 13.4. The van der Waals surface area contributed by atoms with Crippen LogP contribution in [0.25, 0.3) is 33.3 Å². The van der Waals surface area contributed by atoms with E-state index in [9.17, 15) is 13.2 Å². The minimum absolute atomic E-state index is 0.223. The van der Waals surface area contributed by atoms with Crippen LogP contribution in [0.5, 0.6) is 0 Å².